The Morgan fingerprint density at radius 3 is 2.38 bits per heavy atom. The predicted octanol–water partition coefficient (Wildman–Crippen LogP) is 4.77. The molecule has 166 valence electrons. The third kappa shape index (κ3) is 4.15. The number of benzene rings is 1. The number of carbonyl (C=O) groups is 1. The van der Waals surface area contributed by atoms with Gasteiger partial charge in [-0.25, -0.2) is 9.67 Å². The van der Waals surface area contributed by atoms with E-state index in [0.717, 1.165) is 27.9 Å². The smallest absolute Gasteiger partial charge is 0.255 e. The normalized spacial score (nSPS) is 11.6. The van der Waals surface area contributed by atoms with E-state index in [9.17, 15) is 4.79 Å². The molecule has 0 unspecified atom stereocenters. The Bertz CT molecular complexity index is 1250. The molecule has 0 aliphatic rings. The molecule has 0 N–H and O–H groups in total. The van der Waals surface area contributed by atoms with Gasteiger partial charge < -0.3 is 4.90 Å². The van der Waals surface area contributed by atoms with Crippen LogP contribution in [0.2, 0.25) is 0 Å². The fourth-order valence-electron chi connectivity index (χ4n) is 3.84. The number of aryl methyl sites for hydroxylation is 2. The van der Waals surface area contributed by atoms with Crippen LogP contribution in [0.25, 0.3) is 22.3 Å². The molecule has 0 saturated carbocycles. The van der Waals surface area contributed by atoms with Crippen molar-refractivity contribution < 1.29 is 4.79 Å². The van der Waals surface area contributed by atoms with E-state index in [2.05, 4.69) is 43.1 Å². The first-order chi connectivity index (χ1) is 15.2. The highest BCUT2D eigenvalue weighted by molar-refractivity contribution is 6.06. The van der Waals surface area contributed by atoms with Crippen LogP contribution < -0.4 is 0 Å². The van der Waals surface area contributed by atoms with E-state index in [1.807, 2.05) is 54.9 Å². The third-order valence-corrected chi connectivity index (χ3v) is 5.63. The van der Waals surface area contributed by atoms with Crippen LogP contribution in [0.3, 0.4) is 0 Å². The zero-order chi connectivity index (χ0) is 23.0. The zero-order valence-electron chi connectivity index (χ0n) is 19.6. The zero-order valence-corrected chi connectivity index (χ0v) is 19.6. The van der Waals surface area contributed by atoms with Crippen molar-refractivity contribution in [2.75, 3.05) is 0 Å². The largest absolute Gasteiger partial charge is 0.332 e. The minimum atomic E-state index is -0.0343. The van der Waals surface area contributed by atoms with Crippen LogP contribution in [0.4, 0.5) is 0 Å². The average Bonchev–Trinajstić information content (AvgIpc) is 3.37. The predicted molar refractivity (Wildman–Crippen MR) is 126 cm³/mol. The van der Waals surface area contributed by atoms with Crippen molar-refractivity contribution in [3.05, 3.63) is 65.6 Å². The highest BCUT2D eigenvalue weighted by Crippen LogP contribution is 2.28. The summed E-state index contributed by atoms with van der Waals surface area (Å²) < 4.78 is 3.63. The van der Waals surface area contributed by atoms with Gasteiger partial charge in [0.15, 0.2) is 5.65 Å². The Balaban J connectivity index is 1.85. The van der Waals surface area contributed by atoms with Gasteiger partial charge in [-0.2, -0.15) is 10.2 Å². The molecule has 0 radical (unpaired) electrons. The molecule has 7 nitrogen and oxygen atoms in total. The van der Waals surface area contributed by atoms with E-state index in [4.69, 9.17) is 4.98 Å². The minimum absolute atomic E-state index is 0.0221. The van der Waals surface area contributed by atoms with E-state index < -0.39 is 0 Å². The van der Waals surface area contributed by atoms with Crippen molar-refractivity contribution in [2.24, 2.45) is 7.05 Å². The fourth-order valence-corrected chi connectivity index (χ4v) is 3.84. The van der Waals surface area contributed by atoms with Gasteiger partial charge in [0.2, 0.25) is 0 Å². The number of hydrogen-bond donors (Lipinski definition) is 0. The van der Waals surface area contributed by atoms with Crippen LogP contribution >= 0.6 is 0 Å². The Labute approximate surface area is 188 Å². The van der Waals surface area contributed by atoms with Crippen molar-refractivity contribution in [2.45, 2.75) is 53.2 Å². The molecule has 0 spiro atoms. The lowest BCUT2D eigenvalue weighted by Gasteiger charge is -2.27. The van der Waals surface area contributed by atoms with E-state index in [1.54, 1.807) is 17.1 Å². The first kappa shape index (κ1) is 21.7. The number of amides is 1. The van der Waals surface area contributed by atoms with Crippen LogP contribution in [0.5, 0.6) is 0 Å². The average molecular weight is 431 g/mol. The second-order valence-electron chi connectivity index (χ2n) is 8.89. The highest BCUT2D eigenvalue weighted by atomic mass is 16.2. The van der Waals surface area contributed by atoms with Crippen LogP contribution in [0, 0.1) is 6.92 Å². The second-order valence-corrected chi connectivity index (χ2v) is 8.89. The lowest BCUT2D eigenvalue weighted by molar-refractivity contribution is 0.0692. The SMILES string of the molecule is Cc1ccc(-c2cc(C(=O)N(Cc3cnn(C)c3)C(C)C)c3cnn(C(C)C)c3n2)cc1. The number of fused-ring (bicyclic) bond motifs is 1. The molecule has 3 aromatic heterocycles. The van der Waals surface area contributed by atoms with Gasteiger partial charge in [0.1, 0.15) is 0 Å². The Morgan fingerprint density at radius 1 is 1.06 bits per heavy atom. The maximum Gasteiger partial charge on any atom is 0.255 e. The summed E-state index contributed by atoms with van der Waals surface area (Å²) in [7, 11) is 1.88. The van der Waals surface area contributed by atoms with Crippen LogP contribution in [-0.4, -0.2) is 41.4 Å². The summed E-state index contributed by atoms with van der Waals surface area (Å²) >= 11 is 0. The molecule has 0 saturated heterocycles. The summed E-state index contributed by atoms with van der Waals surface area (Å²) in [6.07, 6.45) is 5.51. The minimum Gasteiger partial charge on any atom is -0.332 e. The summed E-state index contributed by atoms with van der Waals surface area (Å²) in [5, 5.41) is 9.57. The first-order valence-electron chi connectivity index (χ1n) is 11.0. The number of aromatic nitrogens is 5. The van der Waals surface area contributed by atoms with Gasteiger partial charge in [-0.15, -0.1) is 0 Å². The van der Waals surface area contributed by atoms with Gasteiger partial charge in [-0.1, -0.05) is 29.8 Å². The molecule has 0 aliphatic carbocycles. The van der Waals surface area contributed by atoms with Crippen LogP contribution in [-0.2, 0) is 13.6 Å². The molecule has 1 amide bonds. The molecule has 3 heterocycles. The Kier molecular flexibility index (Phi) is 5.82. The third-order valence-electron chi connectivity index (χ3n) is 5.63. The summed E-state index contributed by atoms with van der Waals surface area (Å²) in [6, 6.07) is 10.3. The first-order valence-corrected chi connectivity index (χ1v) is 11.0. The van der Waals surface area contributed by atoms with Crippen LogP contribution in [0.1, 0.15) is 55.2 Å². The topological polar surface area (TPSA) is 68.8 Å². The van der Waals surface area contributed by atoms with Crippen molar-refractivity contribution in [1.29, 1.82) is 0 Å². The number of hydrogen-bond acceptors (Lipinski definition) is 4. The lowest BCUT2D eigenvalue weighted by Crippen LogP contribution is -2.36. The van der Waals surface area contributed by atoms with Gasteiger partial charge in [0.05, 0.1) is 29.0 Å². The maximum absolute atomic E-state index is 13.9. The highest BCUT2D eigenvalue weighted by Gasteiger charge is 2.25. The second kappa shape index (κ2) is 8.57. The number of nitrogens with zero attached hydrogens (tertiary/aromatic N) is 6. The molecule has 0 atom stereocenters. The summed E-state index contributed by atoms with van der Waals surface area (Å²) in [4.78, 5) is 20.6. The molecule has 0 bridgehead atoms. The van der Waals surface area contributed by atoms with Crippen molar-refractivity contribution >= 4 is 16.9 Å². The number of pyridine rings is 1. The van der Waals surface area contributed by atoms with Gasteiger partial charge in [-0.3, -0.25) is 9.48 Å². The summed E-state index contributed by atoms with van der Waals surface area (Å²) in [5.41, 5.74) is 5.28. The summed E-state index contributed by atoms with van der Waals surface area (Å²) in [5.74, 6) is -0.0343. The Hall–Kier alpha value is -3.48. The van der Waals surface area contributed by atoms with Crippen molar-refractivity contribution in [3.8, 4) is 11.3 Å². The van der Waals surface area contributed by atoms with Gasteiger partial charge >= 0.3 is 0 Å². The molecule has 0 fully saturated rings. The van der Waals surface area contributed by atoms with Crippen LogP contribution in [0.15, 0.2) is 48.9 Å². The maximum atomic E-state index is 13.9. The Morgan fingerprint density at radius 2 is 1.78 bits per heavy atom. The molecular formula is C25H30N6O. The van der Waals surface area contributed by atoms with E-state index >= 15 is 0 Å². The number of rotatable bonds is 6. The molecule has 4 aromatic rings. The molecule has 1 aromatic carbocycles. The quantitative estimate of drug-likeness (QED) is 0.442. The lowest BCUT2D eigenvalue weighted by atomic mass is 10.0. The molecule has 4 rings (SSSR count). The number of carbonyl (C=O) groups excluding carboxylic acids is 1. The molecule has 7 heteroatoms. The van der Waals surface area contributed by atoms with E-state index in [-0.39, 0.29) is 18.0 Å². The van der Waals surface area contributed by atoms with Gasteiger partial charge in [0.25, 0.3) is 5.91 Å². The molecular weight excluding hydrogens is 400 g/mol. The van der Waals surface area contributed by atoms with Crippen molar-refractivity contribution in [3.63, 3.8) is 0 Å². The van der Waals surface area contributed by atoms with Gasteiger partial charge in [-0.05, 0) is 40.7 Å². The van der Waals surface area contributed by atoms with E-state index in [1.165, 1.54) is 5.56 Å². The van der Waals surface area contributed by atoms with Crippen molar-refractivity contribution in [1.82, 2.24) is 29.4 Å². The van der Waals surface area contributed by atoms with Gasteiger partial charge in [0, 0.05) is 43.0 Å². The fraction of sp³-hybridized carbons (Fsp3) is 0.360. The molecule has 0 aliphatic heterocycles. The standard InChI is InChI=1S/C25H30N6O/c1-16(2)30(15-19-12-26-29(6)14-19)25(32)21-11-23(20-9-7-18(5)8-10-20)28-24-22(21)13-27-31(24)17(3)4/h7-14,16-17H,15H2,1-6H3. The summed E-state index contributed by atoms with van der Waals surface area (Å²) in [6.45, 7) is 10.7. The molecule has 32 heavy (non-hydrogen) atoms. The van der Waals surface area contributed by atoms with E-state index in [0.29, 0.717) is 12.1 Å². The monoisotopic (exact) mass is 430 g/mol.